The van der Waals surface area contributed by atoms with Gasteiger partial charge < -0.3 is 10.2 Å². The summed E-state index contributed by atoms with van der Waals surface area (Å²) in [7, 11) is -3.92. The topological polar surface area (TPSA) is 86.8 Å². The van der Waals surface area contributed by atoms with Crippen molar-refractivity contribution < 1.29 is 18.0 Å². The molecule has 0 aliphatic heterocycles. The van der Waals surface area contributed by atoms with Crippen LogP contribution in [0, 0.1) is 0 Å². The molecule has 0 aromatic heterocycles. The van der Waals surface area contributed by atoms with Crippen molar-refractivity contribution in [3.63, 3.8) is 0 Å². The molecule has 0 spiro atoms. The van der Waals surface area contributed by atoms with Crippen molar-refractivity contribution in [2.45, 2.75) is 39.3 Å². The third-order valence-electron chi connectivity index (χ3n) is 5.09. The zero-order valence-electron chi connectivity index (χ0n) is 19.2. The quantitative estimate of drug-likeness (QED) is 0.439. The Hall–Kier alpha value is -2.00. The van der Waals surface area contributed by atoms with Gasteiger partial charge in [0.15, 0.2) is 0 Å². The molecule has 34 heavy (non-hydrogen) atoms. The van der Waals surface area contributed by atoms with Crippen LogP contribution in [0.1, 0.15) is 32.3 Å². The summed E-state index contributed by atoms with van der Waals surface area (Å²) < 4.78 is 26.2. The van der Waals surface area contributed by atoms with E-state index in [4.69, 9.17) is 34.8 Å². The second-order valence-corrected chi connectivity index (χ2v) is 10.9. The summed E-state index contributed by atoms with van der Waals surface area (Å²) in [6.45, 7) is 3.62. The van der Waals surface area contributed by atoms with E-state index in [-0.39, 0.29) is 28.2 Å². The lowest BCUT2D eigenvalue weighted by Gasteiger charge is -2.33. The number of benzene rings is 2. The fraction of sp³-hybridized carbons (Fsp3) is 0.391. The van der Waals surface area contributed by atoms with Gasteiger partial charge in [0.05, 0.1) is 17.0 Å². The van der Waals surface area contributed by atoms with E-state index in [0.717, 1.165) is 17.0 Å². The minimum atomic E-state index is -3.92. The van der Waals surface area contributed by atoms with Crippen molar-refractivity contribution in [2.24, 2.45) is 0 Å². The minimum absolute atomic E-state index is 0.0252. The number of hydrogen-bond donors (Lipinski definition) is 1. The second kappa shape index (κ2) is 12.6. The molecule has 0 fully saturated rings. The molecule has 2 rings (SSSR count). The molecule has 2 amide bonds. The first-order chi connectivity index (χ1) is 16.0. The van der Waals surface area contributed by atoms with E-state index in [2.05, 4.69) is 5.32 Å². The van der Waals surface area contributed by atoms with Crippen LogP contribution in [-0.2, 0) is 26.2 Å². The average Bonchev–Trinajstić information content (AvgIpc) is 2.78. The molecule has 0 aliphatic carbocycles. The summed E-state index contributed by atoms with van der Waals surface area (Å²) in [5.41, 5.74) is 0.706. The molecule has 0 bridgehead atoms. The van der Waals surface area contributed by atoms with Gasteiger partial charge in [-0.05, 0) is 42.7 Å². The Morgan fingerprint density at radius 1 is 1.03 bits per heavy atom. The lowest BCUT2D eigenvalue weighted by atomic mass is 10.1. The highest BCUT2D eigenvalue weighted by Gasteiger charge is 2.32. The van der Waals surface area contributed by atoms with E-state index in [0.29, 0.717) is 23.6 Å². The first kappa shape index (κ1) is 28.2. The van der Waals surface area contributed by atoms with Gasteiger partial charge in [-0.3, -0.25) is 13.9 Å². The number of halogens is 3. The summed E-state index contributed by atoms with van der Waals surface area (Å²) in [5, 5.41) is 3.63. The van der Waals surface area contributed by atoms with Crippen LogP contribution in [-0.4, -0.2) is 50.5 Å². The molecule has 0 heterocycles. The molecule has 186 valence electrons. The van der Waals surface area contributed by atoms with Gasteiger partial charge in [0.25, 0.3) is 0 Å². The van der Waals surface area contributed by atoms with Crippen LogP contribution in [0.3, 0.4) is 0 Å². The number of carbonyl (C=O) groups is 2. The van der Waals surface area contributed by atoms with Crippen LogP contribution in [0.25, 0.3) is 0 Å². The molecular weight excluding hydrogens is 521 g/mol. The molecule has 2 aromatic rings. The smallest absolute Gasteiger partial charge is 0.244 e. The van der Waals surface area contributed by atoms with E-state index in [1.54, 1.807) is 31.2 Å². The van der Waals surface area contributed by atoms with Crippen LogP contribution in [0.5, 0.6) is 0 Å². The van der Waals surface area contributed by atoms with Crippen molar-refractivity contribution in [3.05, 3.63) is 63.1 Å². The van der Waals surface area contributed by atoms with Gasteiger partial charge in [0.2, 0.25) is 21.8 Å². The van der Waals surface area contributed by atoms with Crippen LogP contribution in [0.4, 0.5) is 5.69 Å². The van der Waals surface area contributed by atoms with Gasteiger partial charge in [-0.1, -0.05) is 66.8 Å². The normalized spacial score (nSPS) is 12.2. The molecule has 1 atom stereocenters. The highest BCUT2D eigenvalue weighted by atomic mass is 35.5. The number of hydrogen-bond acceptors (Lipinski definition) is 4. The van der Waals surface area contributed by atoms with Crippen LogP contribution >= 0.6 is 34.8 Å². The lowest BCUT2D eigenvalue weighted by molar-refractivity contribution is -0.140. The van der Waals surface area contributed by atoms with Crippen molar-refractivity contribution in [3.8, 4) is 0 Å². The monoisotopic (exact) mass is 547 g/mol. The number of rotatable bonds is 11. The number of sulfonamides is 1. The zero-order valence-corrected chi connectivity index (χ0v) is 22.3. The molecule has 2 aromatic carbocycles. The highest BCUT2D eigenvalue weighted by molar-refractivity contribution is 7.92. The minimum Gasteiger partial charge on any atom is -0.354 e. The summed E-state index contributed by atoms with van der Waals surface area (Å²) in [4.78, 5) is 27.8. The van der Waals surface area contributed by atoms with Crippen molar-refractivity contribution in [2.75, 3.05) is 23.7 Å². The van der Waals surface area contributed by atoms with Crippen LogP contribution in [0.15, 0.2) is 42.5 Å². The Morgan fingerprint density at radius 3 is 2.29 bits per heavy atom. The van der Waals surface area contributed by atoms with E-state index in [1.807, 2.05) is 6.92 Å². The Balaban J connectivity index is 2.48. The van der Waals surface area contributed by atoms with Crippen LogP contribution < -0.4 is 9.62 Å². The van der Waals surface area contributed by atoms with E-state index in [9.17, 15) is 18.0 Å². The van der Waals surface area contributed by atoms with E-state index < -0.39 is 28.5 Å². The number of carbonyl (C=O) groups excluding carboxylic acids is 2. The van der Waals surface area contributed by atoms with Gasteiger partial charge in [-0.25, -0.2) is 8.42 Å². The maximum atomic E-state index is 13.6. The highest BCUT2D eigenvalue weighted by Crippen LogP contribution is 2.31. The Kier molecular flexibility index (Phi) is 10.5. The van der Waals surface area contributed by atoms with Gasteiger partial charge in [-0.15, -0.1) is 0 Å². The number of nitrogens with one attached hydrogen (secondary N) is 1. The molecule has 1 N–H and O–H groups in total. The maximum Gasteiger partial charge on any atom is 0.244 e. The lowest BCUT2D eigenvalue weighted by Crippen LogP contribution is -2.52. The first-order valence-electron chi connectivity index (χ1n) is 10.7. The Morgan fingerprint density at radius 2 is 1.71 bits per heavy atom. The fourth-order valence-electron chi connectivity index (χ4n) is 3.37. The molecule has 0 saturated heterocycles. The summed E-state index contributed by atoms with van der Waals surface area (Å²) >= 11 is 18.6. The first-order valence-corrected chi connectivity index (χ1v) is 13.7. The van der Waals surface area contributed by atoms with Crippen molar-refractivity contribution >= 4 is 62.3 Å². The van der Waals surface area contributed by atoms with Crippen molar-refractivity contribution in [1.82, 2.24) is 10.2 Å². The van der Waals surface area contributed by atoms with Crippen LogP contribution in [0.2, 0.25) is 15.1 Å². The average molecular weight is 549 g/mol. The predicted octanol–water partition coefficient (Wildman–Crippen LogP) is 4.75. The van der Waals surface area contributed by atoms with E-state index in [1.165, 1.54) is 23.1 Å². The van der Waals surface area contributed by atoms with Gasteiger partial charge in [0, 0.05) is 23.1 Å². The fourth-order valence-corrected chi connectivity index (χ4v) is 4.85. The molecule has 0 aliphatic rings. The van der Waals surface area contributed by atoms with Gasteiger partial charge in [0.1, 0.15) is 12.6 Å². The second-order valence-electron chi connectivity index (χ2n) is 7.69. The number of anilines is 1. The Bertz CT molecular complexity index is 1130. The molecular formula is C23H28Cl3N3O4S. The summed E-state index contributed by atoms with van der Waals surface area (Å²) in [5.74, 6) is -0.906. The molecule has 0 saturated carbocycles. The summed E-state index contributed by atoms with van der Waals surface area (Å²) in [6.07, 6.45) is 2.03. The Labute approximate surface area is 216 Å². The van der Waals surface area contributed by atoms with Gasteiger partial charge in [-0.2, -0.15) is 0 Å². The molecule has 0 radical (unpaired) electrons. The predicted molar refractivity (Wildman–Crippen MR) is 138 cm³/mol. The molecule has 7 nitrogen and oxygen atoms in total. The maximum absolute atomic E-state index is 13.6. The SMILES string of the molecule is CCCNC(=O)[C@H](CC)N(Cc1ccccc1Cl)C(=O)CN(c1cc(Cl)ccc1Cl)S(C)(=O)=O. The molecule has 0 unspecified atom stereocenters. The zero-order chi connectivity index (χ0) is 25.5. The standard InChI is InChI=1S/C23H28Cl3N3O4S/c1-4-12-27-23(31)20(5-2)28(14-16-8-6-7-9-18(16)25)22(30)15-29(34(3,32)33)21-13-17(24)10-11-19(21)26/h6-11,13,20H,4-5,12,14-15H2,1-3H3,(H,27,31)/t20-/m0/s1. The third kappa shape index (κ3) is 7.50. The molecule has 11 heteroatoms. The van der Waals surface area contributed by atoms with Crippen molar-refractivity contribution in [1.29, 1.82) is 0 Å². The third-order valence-corrected chi connectivity index (χ3v) is 7.14. The summed E-state index contributed by atoms with van der Waals surface area (Å²) in [6, 6.07) is 10.5. The number of nitrogens with zero attached hydrogens (tertiary/aromatic N) is 2. The van der Waals surface area contributed by atoms with E-state index >= 15 is 0 Å². The largest absolute Gasteiger partial charge is 0.354 e. The number of amides is 2. The van der Waals surface area contributed by atoms with Gasteiger partial charge >= 0.3 is 0 Å².